The molecule has 0 aliphatic carbocycles. The second-order valence-electron chi connectivity index (χ2n) is 8.41. The molecule has 1 aliphatic rings. The number of hydrogen-bond acceptors (Lipinski definition) is 6. The van der Waals surface area contributed by atoms with Crippen LogP contribution in [0.2, 0.25) is 5.02 Å². The minimum absolute atomic E-state index is 0.101. The first-order valence-corrected chi connectivity index (χ1v) is 11.9. The lowest BCUT2D eigenvalue weighted by Gasteiger charge is -2.28. The molecule has 9 heteroatoms. The molecule has 0 atom stereocenters. The number of benzene rings is 1. The van der Waals surface area contributed by atoms with Gasteiger partial charge < -0.3 is 28.7 Å². The van der Waals surface area contributed by atoms with Crippen molar-refractivity contribution in [2.45, 2.75) is 6.54 Å². The van der Waals surface area contributed by atoms with Gasteiger partial charge in [-0.25, -0.2) is 4.98 Å². The Morgan fingerprint density at radius 3 is 2.80 bits per heavy atom. The van der Waals surface area contributed by atoms with E-state index >= 15 is 0 Å². The predicted molar refractivity (Wildman–Crippen MR) is 137 cm³/mol. The third-order valence-electron chi connectivity index (χ3n) is 6.04. The zero-order valence-corrected chi connectivity index (χ0v) is 20.3. The number of morpholine rings is 1. The Morgan fingerprint density at radius 1 is 1.14 bits per heavy atom. The van der Waals surface area contributed by atoms with Crippen LogP contribution < -0.4 is 15.2 Å². The molecule has 35 heavy (non-hydrogen) atoms. The maximum Gasteiger partial charge on any atom is 0.251 e. The number of rotatable bonds is 8. The fourth-order valence-corrected chi connectivity index (χ4v) is 4.51. The van der Waals surface area contributed by atoms with Crippen molar-refractivity contribution in [2.24, 2.45) is 0 Å². The lowest BCUT2D eigenvalue weighted by Crippen LogP contribution is -2.36. The van der Waals surface area contributed by atoms with E-state index in [1.807, 2.05) is 36.8 Å². The van der Waals surface area contributed by atoms with E-state index in [1.54, 1.807) is 23.8 Å². The van der Waals surface area contributed by atoms with Crippen molar-refractivity contribution in [3.05, 3.63) is 75.9 Å². The third-order valence-corrected chi connectivity index (χ3v) is 6.26. The molecule has 3 aromatic heterocycles. The fourth-order valence-electron chi connectivity index (χ4n) is 4.27. The van der Waals surface area contributed by atoms with Gasteiger partial charge in [0.25, 0.3) is 5.56 Å². The van der Waals surface area contributed by atoms with Crippen molar-refractivity contribution >= 4 is 28.3 Å². The van der Waals surface area contributed by atoms with Crippen LogP contribution in [-0.2, 0) is 16.0 Å². The first-order chi connectivity index (χ1) is 17.1. The van der Waals surface area contributed by atoms with Gasteiger partial charge in [-0.15, -0.1) is 0 Å². The first-order valence-electron chi connectivity index (χ1n) is 11.5. The lowest BCUT2D eigenvalue weighted by atomic mass is 10.1. The van der Waals surface area contributed by atoms with E-state index in [1.165, 1.54) is 0 Å². The predicted octanol–water partition coefficient (Wildman–Crippen LogP) is 3.96. The van der Waals surface area contributed by atoms with Gasteiger partial charge in [0, 0.05) is 54.6 Å². The summed E-state index contributed by atoms with van der Waals surface area (Å²) in [5.74, 6) is 0.650. The molecule has 0 bridgehead atoms. The molecule has 1 aliphatic heterocycles. The van der Waals surface area contributed by atoms with Crippen LogP contribution in [0.3, 0.4) is 0 Å². The molecule has 182 valence electrons. The molecule has 1 aromatic carbocycles. The number of halogens is 1. The molecule has 8 nitrogen and oxygen atoms in total. The fraction of sp³-hybridized carbons (Fsp3) is 0.308. The van der Waals surface area contributed by atoms with Crippen LogP contribution in [0.15, 0.2) is 59.8 Å². The molecular weight excluding hydrogens is 468 g/mol. The van der Waals surface area contributed by atoms with E-state index in [0.717, 1.165) is 46.5 Å². The molecule has 0 unspecified atom stereocenters. The largest absolute Gasteiger partial charge is 0.491 e. The number of pyridine rings is 2. The average Bonchev–Trinajstić information content (AvgIpc) is 3.29. The number of nitrogens with one attached hydrogen (secondary N) is 1. The highest BCUT2D eigenvalue weighted by Crippen LogP contribution is 2.30. The van der Waals surface area contributed by atoms with Crippen LogP contribution in [0, 0.1) is 0 Å². The van der Waals surface area contributed by atoms with E-state index in [-0.39, 0.29) is 5.56 Å². The Hall–Kier alpha value is -3.33. The van der Waals surface area contributed by atoms with E-state index in [9.17, 15) is 4.79 Å². The normalized spacial score (nSPS) is 13.9. The van der Waals surface area contributed by atoms with Gasteiger partial charge >= 0.3 is 0 Å². The number of anilines is 1. The smallest absolute Gasteiger partial charge is 0.251 e. The molecule has 1 N–H and O–H groups in total. The molecule has 0 amide bonds. The van der Waals surface area contributed by atoms with E-state index in [4.69, 9.17) is 25.8 Å². The summed E-state index contributed by atoms with van der Waals surface area (Å²) in [5.41, 5.74) is 4.42. The summed E-state index contributed by atoms with van der Waals surface area (Å²) in [6.45, 7) is 4.40. The molecule has 1 fully saturated rings. The number of H-pyrrole nitrogens is 1. The van der Waals surface area contributed by atoms with E-state index in [0.29, 0.717) is 43.7 Å². The molecule has 5 rings (SSSR count). The van der Waals surface area contributed by atoms with Gasteiger partial charge in [0.15, 0.2) is 0 Å². The average molecular weight is 495 g/mol. The van der Waals surface area contributed by atoms with Gasteiger partial charge in [-0.2, -0.15) is 0 Å². The van der Waals surface area contributed by atoms with E-state index < -0.39 is 0 Å². The summed E-state index contributed by atoms with van der Waals surface area (Å²) < 4.78 is 17.8. The molecular formula is C26H27ClN4O4. The monoisotopic (exact) mass is 494 g/mol. The van der Waals surface area contributed by atoms with Crippen molar-refractivity contribution in [3.8, 4) is 16.9 Å². The Bertz CT molecular complexity index is 1380. The Morgan fingerprint density at radius 2 is 2.00 bits per heavy atom. The van der Waals surface area contributed by atoms with Gasteiger partial charge in [0.05, 0.1) is 38.2 Å². The van der Waals surface area contributed by atoms with Gasteiger partial charge in [-0.1, -0.05) is 11.6 Å². The van der Waals surface area contributed by atoms with Crippen LogP contribution in [0.4, 0.5) is 5.69 Å². The number of ether oxygens (including phenoxy) is 3. The maximum absolute atomic E-state index is 13.0. The maximum atomic E-state index is 13.0. The summed E-state index contributed by atoms with van der Waals surface area (Å²) in [6, 6.07) is 11.2. The highest BCUT2D eigenvalue weighted by atomic mass is 35.5. The second kappa shape index (κ2) is 10.5. The van der Waals surface area contributed by atoms with Crippen molar-refractivity contribution in [1.29, 1.82) is 0 Å². The Balaban J connectivity index is 1.39. The number of aromatic nitrogens is 3. The van der Waals surface area contributed by atoms with Gasteiger partial charge in [0.1, 0.15) is 18.0 Å². The summed E-state index contributed by atoms with van der Waals surface area (Å²) in [5, 5.41) is 1.54. The minimum atomic E-state index is -0.101. The Labute approximate surface area is 208 Å². The van der Waals surface area contributed by atoms with Crippen LogP contribution in [0.25, 0.3) is 22.2 Å². The first kappa shape index (κ1) is 23.4. The highest BCUT2D eigenvalue weighted by molar-refractivity contribution is 6.30. The number of nitrogens with zero attached hydrogens (tertiary/aromatic N) is 3. The standard InChI is InChI=1S/C26H27ClN4O4/c1-33-8-9-35-22-11-18(10-20(27)13-22)17-31-3-2-19(12-25(31)32)24-16-29-26-23(24)14-21(15-28-26)30-4-6-34-7-5-30/h2-3,10-16H,4-9,17H2,1H3,(H,28,29). The summed E-state index contributed by atoms with van der Waals surface area (Å²) in [7, 11) is 1.62. The van der Waals surface area contributed by atoms with Gasteiger partial charge in [-0.3, -0.25) is 4.79 Å². The molecule has 0 saturated carbocycles. The zero-order chi connectivity index (χ0) is 24.2. The Kier molecular flexibility index (Phi) is 7.03. The molecule has 1 saturated heterocycles. The number of hydrogen-bond donors (Lipinski definition) is 1. The zero-order valence-electron chi connectivity index (χ0n) is 19.5. The summed E-state index contributed by atoms with van der Waals surface area (Å²) in [4.78, 5) is 23.1. The number of methoxy groups -OCH3 is 1. The van der Waals surface area contributed by atoms with Crippen LogP contribution in [-0.4, -0.2) is 61.2 Å². The molecule has 4 heterocycles. The van der Waals surface area contributed by atoms with Crippen molar-refractivity contribution < 1.29 is 14.2 Å². The SMILES string of the molecule is COCCOc1cc(Cl)cc(Cn2ccc(-c3c[nH]c4ncc(N5CCOCC5)cc34)cc2=O)c1. The quantitative estimate of drug-likeness (QED) is 0.373. The van der Waals surface area contributed by atoms with Gasteiger partial charge in [0.2, 0.25) is 0 Å². The van der Waals surface area contributed by atoms with Crippen LogP contribution in [0.1, 0.15) is 5.56 Å². The summed E-state index contributed by atoms with van der Waals surface area (Å²) >= 11 is 6.27. The molecule has 0 radical (unpaired) electrons. The highest BCUT2D eigenvalue weighted by Gasteiger charge is 2.15. The van der Waals surface area contributed by atoms with Gasteiger partial charge in [-0.05, 0) is 41.5 Å². The van der Waals surface area contributed by atoms with Crippen LogP contribution >= 0.6 is 11.6 Å². The lowest BCUT2D eigenvalue weighted by molar-refractivity contribution is 0.122. The third kappa shape index (κ3) is 5.35. The van der Waals surface area contributed by atoms with Crippen molar-refractivity contribution in [3.63, 3.8) is 0 Å². The van der Waals surface area contributed by atoms with Crippen LogP contribution in [0.5, 0.6) is 5.75 Å². The topological polar surface area (TPSA) is 81.6 Å². The molecule has 0 spiro atoms. The number of aromatic amines is 1. The minimum Gasteiger partial charge on any atom is -0.491 e. The summed E-state index contributed by atoms with van der Waals surface area (Å²) in [6.07, 6.45) is 5.59. The van der Waals surface area contributed by atoms with E-state index in [2.05, 4.69) is 20.9 Å². The van der Waals surface area contributed by atoms with Crippen molar-refractivity contribution in [2.75, 3.05) is 51.5 Å². The number of fused-ring (bicyclic) bond motifs is 1. The van der Waals surface area contributed by atoms with Crippen molar-refractivity contribution in [1.82, 2.24) is 14.5 Å². The second-order valence-corrected chi connectivity index (χ2v) is 8.85. The molecule has 4 aromatic rings.